The number of benzene rings is 1. The van der Waals surface area contributed by atoms with Crippen LogP contribution in [-0.2, 0) is 4.79 Å². The largest absolute Gasteiger partial charge is 0.371 e. The minimum absolute atomic E-state index is 0.103. The average Bonchev–Trinajstić information content (AvgIpc) is 3.15. The van der Waals surface area contributed by atoms with Crippen LogP contribution in [0.1, 0.15) is 44.2 Å². The van der Waals surface area contributed by atoms with Crippen LogP contribution in [0.25, 0.3) is 12.2 Å². The molecule has 0 aliphatic carbocycles. The molecule has 0 saturated carbocycles. The maximum atomic E-state index is 12.8. The number of allylic oxidation sites excluding steroid dienone is 1. The van der Waals surface area contributed by atoms with Crippen molar-refractivity contribution in [3.05, 3.63) is 42.0 Å². The second-order valence-electron chi connectivity index (χ2n) is 8.63. The number of piperidine rings is 1. The van der Waals surface area contributed by atoms with Crippen LogP contribution in [0.4, 0.5) is 5.69 Å². The molecule has 1 aromatic carbocycles. The molecule has 1 aromatic rings. The first-order chi connectivity index (χ1) is 14.5. The molecule has 30 heavy (non-hydrogen) atoms. The summed E-state index contributed by atoms with van der Waals surface area (Å²) in [6.45, 7) is 11.1. The Labute approximate surface area is 181 Å². The van der Waals surface area contributed by atoms with Gasteiger partial charge in [0.05, 0.1) is 12.6 Å². The van der Waals surface area contributed by atoms with Gasteiger partial charge in [0.1, 0.15) is 6.04 Å². The first kappa shape index (κ1) is 22.1. The summed E-state index contributed by atoms with van der Waals surface area (Å²) in [5.41, 5.74) is 3.56. The molecule has 0 N–H and O–H groups in total. The molecule has 160 valence electrons. The van der Waals surface area contributed by atoms with Gasteiger partial charge in [0.2, 0.25) is 5.91 Å². The Morgan fingerprint density at radius 1 is 1.37 bits per heavy atom. The van der Waals surface area contributed by atoms with Crippen molar-refractivity contribution in [2.45, 2.75) is 45.2 Å². The van der Waals surface area contributed by atoms with Crippen LogP contribution < -0.4 is 4.90 Å². The zero-order valence-electron chi connectivity index (χ0n) is 18.6. The number of hydrogen-bond acceptors (Lipinski definition) is 4. The van der Waals surface area contributed by atoms with Gasteiger partial charge in [-0.15, -0.1) is 0 Å². The molecule has 5 nitrogen and oxygen atoms in total. The molecule has 2 fully saturated rings. The molecule has 3 rings (SSSR count). The number of nitriles is 1. The van der Waals surface area contributed by atoms with Crippen LogP contribution in [0.2, 0.25) is 0 Å². The molecule has 2 aliphatic heterocycles. The quantitative estimate of drug-likeness (QED) is 0.716. The van der Waals surface area contributed by atoms with Crippen LogP contribution in [0, 0.1) is 17.2 Å². The van der Waals surface area contributed by atoms with Crippen molar-refractivity contribution in [2.24, 2.45) is 5.92 Å². The lowest BCUT2D eigenvalue weighted by molar-refractivity contribution is -0.132. The van der Waals surface area contributed by atoms with Gasteiger partial charge >= 0.3 is 0 Å². The highest BCUT2D eigenvalue weighted by atomic mass is 16.2. The lowest BCUT2D eigenvalue weighted by Gasteiger charge is -2.38. The normalized spacial score (nSPS) is 22.9. The van der Waals surface area contributed by atoms with Gasteiger partial charge in [-0.1, -0.05) is 43.9 Å². The van der Waals surface area contributed by atoms with Gasteiger partial charge in [0, 0.05) is 44.0 Å². The summed E-state index contributed by atoms with van der Waals surface area (Å²) in [6.07, 6.45) is 8.96. The van der Waals surface area contributed by atoms with E-state index in [4.69, 9.17) is 0 Å². The van der Waals surface area contributed by atoms with E-state index < -0.39 is 0 Å². The lowest BCUT2D eigenvalue weighted by atomic mass is 9.99. The van der Waals surface area contributed by atoms with Crippen molar-refractivity contribution in [1.82, 2.24) is 9.80 Å². The zero-order valence-corrected chi connectivity index (χ0v) is 18.6. The van der Waals surface area contributed by atoms with Gasteiger partial charge in [0.15, 0.2) is 0 Å². The van der Waals surface area contributed by atoms with Crippen molar-refractivity contribution in [3.63, 3.8) is 0 Å². The summed E-state index contributed by atoms with van der Waals surface area (Å²) in [4.78, 5) is 19.2. The highest BCUT2D eigenvalue weighted by Gasteiger charge is 2.34. The number of rotatable bonds is 6. The SMILES string of the molecule is C=Cc1c(/C=C\C)cccc1N(C)C1CCN(CC(=O)N2CC(C)CC2C#N)CC1. The molecule has 5 heteroatoms. The van der Waals surface area contributed by atoms with Gasteiger partial charge in [-0.2, -0.15) is 5.26 Å². The maximum absolute atomic E-state index is 12.8. The van der Waals surface area contributed by atoms with E-state index in [1.807, 2.05) is 13.0 Å². The molecule has 2 heterocycles. The van der Waals surface area contributed by atoms with Crippen LogP contribution in [0.3, 0.4) is 0 Å². The minimum Gasteiger partial charge on any atom is -0.371 e. The molecule has 1 amide bonds. The minimum atomic E-state index is -0.252. The summed E-state index contributed by atoms with van der Waals surface area (Å²) in [6, 6.07) is 8.87. The molecule has 2 atom stereocenters. The Balaban J connectivity index is 1.59. The fraction of sp³-hybridized carbons (Fsp3) is 0.520. The number of nitrogens with zero attached hydrogens (tertiary/aromatic N) is 4. The Morgan fingerprint density at radius 3 is 2.73 bits per heavy atom. The van der Waals surface area contributed by atoms with E-state index in [1.54, 1.807) is 4.90 Å². The second-order valence-corrected chi connectivity index (χ2v) is 8.63. The first-order valence-electron chi connectivity index (χ1n) is 11.0. The van der Waals surface area contributed by atoms with Gasteiger partial charge in [-0.3, -0.25) is 9.69 Å². The Bertz CT molecular complexity index is 832. The third-order valence-corrected chi connectivity index (χ3v) is 6.49. The molecule has 0 bridgehead atoms. The summed E-state index contributed by atoms with van der Waals surface area (Å²) in [5, 5.41) is 9.33. The predicted molar refractivity (Wildman–Crippen MR) is 124 cm³/mol. The van der Waals surface area contributed by atoms with Crippen LogP contribution in [0.15, 0.2) is 30.9 Å². The Kier molecular flexibility index (Phi) is 7.33. The number of carbonyl (C=O) groups is 1. The van der Waals surface area contributed by atoms with Crippen LogP contribution in [-0.4, -0.2) is 61.0 Å². The summed E-state index contributed by atoms with van der Waals surface area (Å²) in [5.74, 6) is 0.515. The van der Waals surface area contributed by atoms with Crippen molar-refractivity contribution in [2.75, 3.05) is 38.1 Å². The van der Waals surface area contributed by atoms with Crippen molar-refractivity contribution < 1.29 is 4.79 Å². The van der Waals surface area contributed by atoms with Crippen molar-refractivity contribution in [1.29, 1.82) is 5.26 Å². The van der Waals surface area contributed by atoms with Crippen LogP contribution in [0.5, 0.6) is 0 Å². The molecular formula is C25H34N4O. The zero-order chi connectivity index (χ0) is 21.7. The third-order valence-electron chi connectivity index (χ3n) is 6.49. The highest BCUT2D eigenvalue weighted by molar-refractivity contribution is 5.79. The van der Waals surface area contributed by atoms with E-state index in [0.717, 1.165) is 32.4 Å². The van der Waals surface area contributed by atoms with E-state index in [1.165, 1.54) is 16.8 Å². The lowest BCUT2D eigenvalue weighted by Crippen LogP contribution is -2.48. The number of carbonyl (C=O) groups excluding carboxylic acids is 1. The molecule has 2 aliphatic rings. The third kappa shape index (κ3) is 4.76. The van der Waals surface area contributed by atoms with Gasteiger partial charge in [-0.25, -0.2) is 0 Å². The topological polar surface area (TPSA) is 50.6 Å². The predicted octanol–water partition coefficient (Wildman–Crippen LogP) is 4.02. The maximum Gasteiger partial charge on any atom is 0.237 e. The second kappa shape index (κ2) is 9.95. The molecule has 2 saturated heterocycles. The van der Waals surface area contributed by atoms with E-state index in [2.05, 4.69) is 66.8 Å². The number of hydrogen-bond donors (Lipinski definition) is 0. The van der Waals surface area contributed by atoms with Crippen molar-refractivity contribution >= 4 is 23.7 Å². The summed E-state index contributed by atoms with van der Waals surface area (Å²) in [7, 11) is 2.16. The van der Waals surface area contributed by atoms with E-state index in [0.29, 0.717) is 25.0 Å². The fourth-order valence-electron chi connectivity index (χ4n) is 4.81. The highest BCUT2D eigenvalue weighted by Crippen LogP contribution is 2.30. The van der Waals surface area contributed by atoms with E-state index in [-0.39, 0.29) is 11.9 Å². The number of likely N-dealkylation sites (tertiary alicyclic amines) is 2. The smallest absolute Gasteiger partial charge is 0.237 e. The number of anilines is 1. The molecule has 2 unspecified atom stereocenters. The average molecular weight is 407 g/mol. The molecule has 0 radical (unpaired) electrons. The first-order valence-corrected chi connectivity index (χ1v) is 11.0. The summed E-state index contributed by atoms with van der Waals surface area (Å²) < 4.78 is 0. The van der Waals surface area contributed by atoms with E-state index >= 15 is 0 Å². The van der Waals surface area contributed by atoms with Gasteiger partial charge in [0.25, 0.3) is 0 Å². The standard InChI is InChI=1S/C25H34N4O/c1-5-8-20-9-7-10-24(23(20)6-2)27(4)21-11-13-28(14-12-21)18-25(30)29-17-19(3)15-22(29)16-26/h5-10,19,21-22H,2,11-15,17-18H2,1,3-4H3/b8-5-. The fourth-order valence-corrected chi connectivity index (χ4v) is 4.81. The number of amides is 1. The van der Waals surface area contributed by atoms with E-state index in [9.17, 15) is 10.1 Å². The Morgan fingerprint density at radius 2 is 2.10 bits per heavy atom. The van der Waals surface area contributed by atoms with Crippen LogP contribution >= 0.6 is 0 Å². The monoisotopic (exact) mass is 406 g/mol. The molecule has 0 spiro atoms. The van der Waals surface area contributed by atoms with Gasteiger partial charge in [-0.05, 0) is 43.7 Å². The molecule has 0 aromatic heterocycles. The molecular weight excluding hydrogens is 372 g/mol. The van der Waals surface area contributed by atoms with Crippen molar-refractivity contribution in [3.8, 4) is 6.07 Å². The summed E-state index contributed by atoms with van der Waals surface area (Å²) >= 11 is 0. The van der Waals surface area contributed by atoms with Gasteiger partial charge < -0.3 is 9.80 Å². The Hall–Kier alpha value is -2.58.